The molecule has 0 bridgehead atoms. The quantitative estimate of drug-likeness (QED) is 0.832. The number of rotatable bonds is 3. The van der Waals surface area contributed by atoms with Crippen molar-refractivity contribution >= 4 is 18.0 Å². The molecule has 0 aromatic carbocycles. The molecule has 102 valence electrons. The van der Waals surface area contributed by atoms with Gasteiger partial charge in [0.25, 0.3) is 5.56 Å². The number of hydrogen-bond acceptors (Lipinski definition) is 3. The Morgan fingerprint density at radius 3 is 2.47 bits per heavy atom. The molecule has 0 radical (unpaired) electrons. The standard InChI is InChI=1S/C15H20N2OS/c16-9-13-11-7-3-4-8-12(11)15(17-14(13)18)19-10-5-1-2-6-10/h9-10,16H,1-8H2,(H,17,18). The van der Waals surface area contributed by atoms with Crippen LogP contribution in [0, 0.1) is 5.41 Å². The van der Waals surface area contributed by atoms with Crippen LogP contribution in [0.15, 0.2) is 9.82 Å². The first-order valence-electron chi connectivity index (χ1n) is 7.24. The van der Waals surface area contributed by atoms with Crippen LogP contribution in [0.1, 0.15) is 55.2 Å². The lowest BCUT2D eigenvalue weighted by atomic mass is 9.90. The summed E-state index contributed by atoms with van der Waals surface area (Å²) in [5, 5.41) is 9.24. The Bertz CT molecular complexity index is 544. The minimum atomic E-state index is -0.0730. The molecule has 3 nitrogen and oxygen atoms in total. The van der Waals surface area contributed by atoms with Crippen LogP contribution in [-0.4, -0.2) is 16.4 Å². The molecule has 1 aromatic heterocycles. The van der Waals surface area contributed by atoms with E-state index in [0.717, 1.165) is 29.9 Å². The molecular weight excluding hydrogens is 256 g/mol. The first-order chi connectivity index (χ1) is 9.29. The summed E-state index contributed by atoms with van der Waals surface area (Å²) in [6.07, 6.45) is 10.8. The molecule has 2 aliphatic rings. The predicted octanol–water partition coefficient (Wildman–Crippen LogP) is 3.29. The van der Waals surface area contributed by atoms with Crippen LogP contribution in [0.25, 0.3) is 0 Å². The Kier molecular flexibility index (Phi) is 3.78. The van der Waals surface area contributed by atoms with E-state index in [0.29, 0.717) is 10.8 Å². The number of fused-ring (bicyclic) bond motifs is 1. The Morgan fingerprint density at radius 2 is 1.79 bits per heavy atom. The molecule has 1 saturated carbocycles. The van der Waals surface area contributed by atoms with Gasteiger partial charge in [0.2, 0.25) is 0 Å². The van der Waals surface area contributed by atoms with Crippen molar-refractivity contribution in [1.82, 2.24) is 4.98 Å². The number of thioether (sulfide) groups is 1. The van der Waals surface area contributed by atoms with Crippen LogP contribution in [0.4, 0.5) is 0 Å². The monoisotopic (exact) mass is 276 g/mol. The summed E-state index contributed by atoms with van der Waals surface area (Å²) < 4.78 is 0. The van der Waals surface area contributed by atoms with Crippen LogP contribution in [0.3, 0.4) is 0 Å². The highest BCUT2D eigenvalue weighted by Crippen LogP contribution is 2.37. The zero-order chi connectivity index (χ0) is 13.2. The molecule has 0 atom stereocenters. The summed E-state index contributed by atoms with van der Waals surface area (Å²) in [4.78, 5) is 15.1. The van der Waals surface area contributed by atoms with E-state index in [1.807, 2.05) is 11.8 Å². The summed E-state index contributed by atoms with van der Waals surface area (Å²) in [6, 6.07) is 0. The predicted molar refractivity (Wildman–Crippen MR) is 79.7 cm³/mol. The molecule has 0 aliphatic heterocycles. The van der Waals surface area contributed by atoms with E-state index >= 15 is 0 Å². The second kappa shape index (κ2) is 5.53. The summed E-state index contributed by atoms with van der Waals surface area (Å²) in [7, 11) is 0. The fourth-order valence-electron chi connectivity index (χ4n) is 3.26. The van der Waals surface area contributed by atoms with E-state index in [1.54, 1.807) is 0 Å². The summed E-state index contributed by atoms with van der Waals surface area (Å²) in [5.74, 6) is 0. The highest BCUT2D eigenvalue weighted by Gasteiger charge is 2.23. The van der Waals surface area contributed by atoms with Crippen molar-refractivity contribution in [1.29, 1.82) is 5.41 Å². The smallest absolute Gasteiger partial charge is 0.257 e. The van der Waals surface area contributed by atoms with Gasteiger partial charge < -0.3 is 10.4 Å². The second-order valence-electron chi connectivity index (χ2n) is 5.53. The average molecular weight is 276 g/mol. The van der Waals surface area contributed by atoms with E-state index in [-0.39, 0.29) is 5.56 Å². The zero-order valence-corrected chi connectivity index (χ0v) is 11.9. The molecule has 3 rings (SSSR count). The number of pyridine rings is 1. The van der Waals surface area contributed by atoms with Gasteiger partial charge in [0.05, 0.1) is 10.6 Å². The van der Waals surface area contributed by atoms with Crippen molar-refractivity contribution in [3.05, 3.63) is 27.0 Å². The van der Waals surface area contributed by atoms with Gasteiger partial charge in [0, 0.05) is 11.5 Å². The van der Waals surface area contributed by atoms with Gasteiger partial charge in [-0.15, -0.1) is 11.8 Å². The lowest BCUT2D eigenvalue weighted by Crippen LogP contribution is -2.21. The summed E-state index contributed by atoms with van der Waals surface area (Å²) in [5.41, 5.74) is 2.98. The van der Waals surface area contributed by atoms with Gasteiger partial charge in [-0.05, 0) is 49.7 Å². The van der Waals surface area contributed by atoms with Crippen molar-refractivity contribution in [3.63, 3.8) is 0 Å². The Balaban J connectivity index is 2.01. The zero-order valence-electron chi connectivity index (χ0n) is 11.1. The first-order valence-corrected chi connectivity index (χ1v) is 8.12. The third kappa shape index (κ3) is 2.50. The lowest BCUT2D eigenvalue weighted by molar-refractivity contribution is 0.663. The van der Waals surface area contributed by atoms with Gasteiger partial charge >= 0.3 is 0 Å². The van der Waals surface area contributed by atoms with Crippen LogP contribution >= 0.6 is 11.8 Å². The van der Waals surface area contributed by atoms with E-state index in [2.05, 4.69) is 4.98 Å². The van der Waals surface area contributed by atoms with Gasteiger partial charge in [0.1, 0.15) is 0 Å². The van der Waals surface area contributed by atoms with Crippen molar-refractivity contribution in [2.24, 2.45) is 0 Å². The number of H-pyrrole nitrogens is 1. The topological polar surface area (TPSA) is 56.7 Å². The van der Waals surface area contributed by atoms with Crippen LogP contribution in [0.2, 0.25) is 0 Å². The molecule has 0 unspecified atom stereocenters. The normalized spacial score (nSPS) is 19.4. The van der Waals surface area contributed by atoms with Crippen molar-refractivity contribution in [2.75, 3.05) is 0 Å². The number of aromatic nitrogens is 1. The van der Waals surface area contributed by atoms with Gasteiger partial charge in [-0.25, -0.2) is 0 Å². The molecule has 1 aromatic rings. The minimum absolute atomic E-state index is 0.0730. The Hall–Kier alpha value is -1.03. The van der Waals surface area contributed by atoms with Gasteiger partial charge in [-0.3, -0.25) is 4.79 Å². The highest BCUT2D eigenvalue weighted by atomic mass is 32.2. The van der Waals surface area contributed by atoms with Gasteiger partial charge in [-0.1, -0.05) is 12.8 Å². The van der Waals surface area contributed by atoms with E-state index in [4.69, 9.17) is 5.41 Å². The van der Waals surface area contributed by atoms with Crippen molar-refractivity contribution in [2.45, 2.75) is 61.6 Å². The molecule has 2 N–H and O–H groups in total. The second-order valence-corrected chi connectivity index (χ2v) is 6.84. The van der Waals surface area contributed by atoms with Gasteiger partial charge in [0.15, 0.2) is 0 Å². The highest BCUT2D eigenvalue weighted by molar-refractivity contribution is 7.99. The molecule has 2 aliphatic carbocycles. The molecule has 0 saturated heterocycles. The number of nitrogens with one attached hydrogen (secondary N) is 2. The molecular formula is C15H20N2OS. The van der Waals surface area contributed by atoms with Crippen molar-refractivity contribution in [3.8, 4) is 0 Å². The van der Waals surface area contributed by atoms with Crippen LogP contribution in [0.5, 0.6) is 0 Å². The van der Waals surface area contributed by atoms with E-state index in [9.17, 15) is 4.79 Å². The molecule has 0 spiro atoms. The Morgan fingerprint density at radius 1 is 1.11 bits per heavy atom. The maximum Gasteiger partial charge on any atom is 0.257 e. The molecule has 4 heteroatoms. The molecule has 19 heavy (non-hydrogen) atoms. The maximum absolute atomic E-state index is 12.1. The minimum Gasteiger partial charge on any atom is -0.316 e. The fourth-order valence-corrected chi connectivity index (χ4v) is 4.68. The lowest BCUT2D eigenvalue weighted by Gasteiger charge is -2.21. The molecule has 1 fully saturated rings. The Labute approximate surface area is 117 Å². The van der Waals surface area contributed by atoms with E-state index in [1.165, 1.54) is 43.9 Å². The average Bonchev–Trinajstić information content (AvgIpc) is 2.92. The van der Waals surface area contributed by atoms with Crippen LogP contribution in [-0.2, 0) is 12.8 Å². The maximum atomic E-state index is 12.1. The largest absolute Gasteiger partial charge is 0.316 e. The molecule has 0 amide bonds. The number of hydrogen-bond donors (Lipinski definition) is 2. The first kappa shape index (κ1) is 13.0. The van der Waals surface area contributed by atoms with Crippen LogP contribution < -0.4 is 5.56 Å². The van der Waals surface area contributed by atoms with Gasteiger partial charge in [-0.2, -0.15) is 0 Å². The van der Waals surface area contributed by atoms with E-state index < -0.39 is 0 Å². The molecule has 1 heterocycles. The van der Waals surface area contributed by atoms with Crippen molar-refractivity contribution < 1.29 is 0 Å². The third-order valence-corrected chi connectivity index (χ3v) is 5.66. The number of aromatic amines is 1. The summed E-state index contributed by atoms with van der Waals surface area (Å²) in [6.45, 7) is 0. The SMILES string of the molecule is N=Cc1c2c(c(SC3CCCC3)[nH]c1=O)CCCC2. The fraction of sp³-hybridized carbons (Fsp3) is 0.600. The third-order valence-electron chi connectivity index (χ3n) is 4.27. The summed E-state index contributed by atoms with van der Waals surface area (Å²) >= 11 is 1.87.